The molecule has 0 radical (unpaired) electrons. The molecule has 1 fully saturated rings. The zero-order chi connectivity index (χ0) is 9.84. The molecule has 5 nitrogen and oxygen atoms in total. The summed E-state index contributed by atoms with van der Waals surface area (Å²) in [6.07, 6.45) is 1.52. The van der Waals surface area contributed by atoms with Gasteiger partial charge in [0.05, 0.1) is 13.7 Å². The lowest BCUT2D eigenvalue weighted by Crippen LogP contribution is -2.43. The van der Waals surface area contributed by atoms with Gasteiger partial charge >= 0.3 is 5.97 Å². The zero-order valence-corrected chi connectivity index (χ0v) is 8.88. The highest BCUT2D eigenvalue weighted by atomic mass is 35.5. The average Bonchev–Trinajstić information content (AvgIpc) is 2.63. The van der Waals surface area contributed by atoms with Crippen molar-refractivity contribution in [3.8, 4) is 0 Å². The van der Waals surface area contributed by atoms with Crippen molar-refractivity contribution in [1.29, 1.82) is 0 Å². The number of carbonyl (C=O) groups excluding carboxylic acids is 2. The standard InChI is InChI=1S/C8H14N2O3.ClH/c1-13-8(12)6-3-2-4-10(6)7(11)5-9;/h6H,2-5,9H2,1H3;1H. The zero-order valence-electron chi connectivity index (χ0n) is 8.06. The van der Waals surface area contributed by atoms with Gasteiger partial charge in [-0.1, -0.05) is 0 Å². The molecule has 1 aliphatic rings. The van der Waals surface area contributed by atoms with Gasteiger partial charge in [-0.15, -0.1) is 12.4 Å². The van der Waals surface area contributed by atoms with Crippen LogP contribution >= 0.6 is 12.4 Å². The van der Waals surface area contributed by atoms with Crippen molar-refractivity contribution in [1.82, 2.24) is 4.90 Å². The number of halogens is 1. The van der Waals surface area contributed by atoms with E-state index in [4.69, 9.17) is 5.73 Å². The number of rotatable bonds is 2. The Morgan fingerprint density at radius 3 is 2.71 bits per heavy atom. The predicted octanol–water partition coefficient (Wildman–Crippen LogP) is -0.469. The minimum atomic E-state index is -0.416. The van der Waals surface area contributed by atoms with Crippen LogP contribution in [0, 0.1) is 0 Å². The van der Waals surface area contributed by atoms with Crippen LogP contribution < -0.4 is 5.73 Å². The number of hydrogen-bond acceptors (Lipinski definition) is 4. The van der Waals surface area contributed by atoms with E-state index in [0.717, 1.165) is 6.42 Å². The first-order valence-electron chi connectivity index (χ1n) is 4.28. The number of ether oxygens (including phenoxy) is 1. The first-order valence-corrected chi connectivity index (χ1v) is 4.28. The molecule has 14 heavy (non-hydrogen) atoms. The second-order valence-corrected chi connectivity index (χ2v) is 2.97. The molecule has 0 aliphatic carbocycles. The summed E-state index contributed by atoms with van der Waals surface area (Å²) in [4.78, 5) is 23.9. The van der Waals surface area contributed by atoms with E-state index >= 15 is 0 Å². The second kappa shape index (κ2) is 5.82. The van der Waals surface area contributed by atoms with Crippen LogP contribution in [0.3, 0.4) is 0 Å². The molecule has 0 spiro atoms. The van der Waals surface area contributed by atoms with Crippen LogP contribution in [0.25, 0.3) is 0 Å². The largest absolute Gasteiger partial charge is 0.467 e. The molecule has 6 heteroatoms. The first-order chi connectivity index (χ1) is 6.20. The topological polar surface area (TPSA) is 72.6 Å². The van der Waals surface area contributed by atoms with Crippen molar-refractivity contribution in [3.63, 3.8) is 0 Å². The minimum absolute atomic E-state index is 0. The summed E-state index contributed by atoms with van der Waals surface area (Å²) in [6, 6.07) is -0.416. The predicted molar refractivity (Wildman–Crippen MR) is 53.1 cm³/mol. The van der Waals surface area contributed by atoms with Gasteiger partial charge in [-0.3, -0.25) is 4.79 Å². The van der Waals surface area contributed by atoms with E-state index in [0.29, 0.717) is 13.0 Å². The van der Waals surface area contributed by atoms with Crippen LogP contribution in [0.15, 0.2) is 0 Å². The number of esters is 1. The fourth-order valence-corrected chi connectivity index (χ4v) is 1.56. The van der Waals surface area contributed by atoms with E-state index in [1.165, 1.54) is 12.0 Å². The van der Waals surface area contributed by atoms with Crippen LogP contribution in [-0.2, 0) is 14.3 Å². The summed E-state index contributed by atoms with van der Waals surface area (Å²) < 4.78 is 4.59. The minimum Gasteiger partial charge on any atom is -0.467 e. The Labute approximate surface area is 89.0 Å². The third-order valence-electron chi connectivity index (χ3n) is 2.22. The van der Waals surface area contributed by atoms with Crippen LogP contribution in [0.5, 0.6) is 0 Å². The number of amides is 1. The maximum absolute atomic E-state index is 11.2. The van der Waals surface area contributed by atoms with Gasteiger partial charge in [0.2, 0.25) is 5.91 Å². The maximum Gasteiger partial charge on any atom is 0.328 e. The van der Waals surface area contributed by atoms with E-state index < -0.39 is 6.04 Å². The molecule has 0 aromatic rings. The fourth-order valence-electron chi connectivity index (χ4n) is 1.56. The number of nitrogens with two attached hydrogens (primary N) is 1. The number of nitrogens with zero attached hydrogens (tertiary/aromatic N) is 1. The molecule has 2 N–H and O–H groups in total. The van der Waals surface area contributed by atoms with E-state index in [1.54, 1.807) is 0 Å². The van der Waals surface area contributed by atoms with Crippen molar-refractivity contribution in [2.75, 3.05) is 20.2 Å². The highest BCUT2D eigenvalue weighted by Gasteiger charge is 2.33. The molecule has 0 bridgehead atoms. The van der Waals surface area contributed by atoms with E-state index in [1.807, 2.05) is 0 Å². The summed E-state index contributed by atoms with van der Waals surface area (Å²) in [6.45, 7) is 0.559. The number of methoxy groups -OCH3 is 1. The molecule has 0 aromatic heterocycles. The Hall–Kier alpha value is -0.810. The molecule has 1 atom stereocenters. The van der Waals surface area contributed by atoms with Crippen LogP contribution in [0.2, 0.25) is 0 Å². The molecular weight excluding hydrogens is 208 g/mol. The normalized spacial score (nSPS) is 20.1. The second-order valence-electron chi connectivity index (χ2n) is 2.97. The van der Waals surface area contributed by atoms with Crippen LogP contribution in [0.4, 0.5) is 0 Å². The van der Waals surface area contributed by atoms with Gasteiger partial charge in [0.25, 0.3) is 0 Å². The van der Waals surface area contributed by atoms with Gasteiger partial charge in [-0.25, -0.2) is 4.79 Å². The van der Waals surface area contributed by atoms with Gasteiger partial charge in [0.1, 0.15) is 6.04 Å². The summed E-state index contributed by atoms with van der Waals surface area (Å²) in [5.41, 5.74) is 5.21. The van der Waals surface area contributed by atoms with Crippen molar-refractivity contribution < 1.29 is 14.3 Å². The van der Waals surface area contributed by atoms with Crippen LogP contribution in [-0.4, -0.2) is 43.0 Å². The molecule has 1 amide bonds. The monoisotopic (exact) mass is 222 g/mol. The lowest BCUT2D eigenvalue weighted by Gasteiger charge is -2.21. The first kappa shape index (κ1) is 13.2. The Morgan fingerprint density at radius 2 is 2.21 bits per heavy atom. The summed E-state index contributed by atoms with van der Waals surface area (Å²) >= 11 is 0. The molecule has 1 saturated heterocycles. The molecule has 1 rings (SSSR count). The molecule has 1 heterocycles. The average molecular weight is 223 g/mol. The van der Waals surface area contributed by atoms with Gasteiger partial charge in [0, 0.05) is 6.54 Å². The number of hydrogen-bond donors (Lipinski definition) is 1. The fraction of sp³-hybridized carbons (Fsp3) is 0.750. The van der Waals surface area contributed by atoms with Gasteiger partial charge < -0.3 is 15.4 Å². The summed E-state index contributed by atoms with van der Waals surface area (Å²) in [5.74, 6) is -0.535. The number of likely N-dealkylation sites (tertiary alicyclic amines) is 1. The Kier molecular flexibility index (Phi) is 5.49. The van der Waals surface area contributed by atoms with E-state index in [-0.39, 0.29) is 30.8 Å². The van der Waals surface area contributed by atoms with E-state index in [9.17, 15) is 9.59 Å². The third kappa shape index (κ3) is 2.59. The molecule has 0 aromatic carbocycles. The van der Waals surface area contributed by atoms with Crippen molar-refractivity contribution in [2.45, 2.75) is 18.9 Å². The maximum atomic E-state index is 11.2. The smallest absolute Gasteiger partial charge is 0.328 e. The molecular formula is C8H15ClN2O3. The molecule has 82 valence electrons. The quantitative estimate of drug-likeness (QED) is 0.642. The Balaban J connectivity index is 0.00000169. The lowest BCUT2D eigenvalue weighted by atomic mass is 10.2. The third-order valence-corrected chi connectivity index (χ3v) is 2.22. The van der Waals surface area contributed by atoms with Crippen molar-refractivity contribution >= 4 is 24.3 Å². The summed E-state index contributed by atoms with van der Waals surface area (Å²) in [5, 5.41) is 0. The molecule has 1 unspecified atom stereocenters. The molecule has 0 saturated carbocycles. The lowest BCUT2D eigenvalue weighted by molar-refractivity contribution is -0.150. The van der Waals surface area contributed by atoms with E-state index in [2.05, 4.69) is 4.74 Å². The Bertz CT molecular complexity index is 201. The Morgan fingerprint density at radius 1 is 1.57 bits per heavy atom. The summed E-state index contributed by atoms with van der Waals surface area (Å²) in [7, 11) is 1.33. The highest BCUT2D eigenvalue weighted by molar-refractivity contribution is 5.86. The van der Waals surface area contributed by atoms with Crippen LogP contribution in [0.1, 0.15) is 12.8 Å². The van der Waals surface area contributed by atoms with Gasteiger partial charge in [-0.05, 0) is 12.8 Å². The van der Waals surface area contributed by atoms with Crippen molar-refractivity contribution in [3.05, 3.63) is 0 Å². The van der Waals surface area contributed by atoms with Gasteiger partial charge in [0.15, 0.2) is 0 Å². The SMILES string of the molecule is COC(=O)C1CCCN1C(=O)CN.Cl. The number of carbonyl (C=O) groups is 2. The molecule has 1 aliphatic heterocycles. The van der Waals surface area contributed by atoms with Gasteiger partial charge in [-0.2, -0.15) is 0 Å². The van der Waals surface area contributed by atoms with Crippen molar-refractivity contribution in [2.24, 2.45) is 5.73 Å². The highest BCUT2D eigenvalue weighted by Crippen LogP contribution is 2.17.